The van der Waals surface area contributed by atoms with Gasteiger partial charge in [0.15, 0.2) is 0 Å². The Balaban J connectivity index is 2.54. The summed E-state index contributed by atoms with van der Waals surface area (Å²) in [6.07, 6.45) is 0.490. The molecule has 2 N–H and O–H groups in total. The molecule has 3 nitrogen and oxygen atoms in total. The molecule has 0 aliphatic heterocycles. The van der Waals surface area contributed by atoms with Crippen molar-refractivity contribution in [1.29, 1.82) is 0 Å². The van der Waals surface area contributed by atoms with Crippen molar-refractivity contribution in [2.24, 2.45) is 0 Å². The van der Waals surface area contributed by atoms with E-state index in [2.05, 4.69) is 10.6 Å². The highest BCUT2D eigenvalue weighted by atomic mass is 19.1. The van der Waals surface area contributed by atoms with E-state index >= 15 is 0 Å². The van der Waals surface area contributed by atoms with Gasteiger partial charge in [-0.3, -0.25) is 4.79 Å². The molecule has 100 valence electrons. The number of nitrogens with one attached hydrogen (secondary N) is 2. The second-order valence-electron chi connectivity index (χ2n) is 4.23. The summed E-state index contributed by atoms with van der Waals surface area (Å²) in [5.41, 5.74) is 0.0129. The first-order valence-corrected chi connectivity index (χ1v) is 5.91. The summed E-state index contributed by atoms with van der Waals surface area (Å²) in [4.78, 5) is 11.4. The van der Waals surface area contributed by atoms with Gasteiger partial charge in [-0.1, -0.05) is 6.07 Å². The average molecular weight is 256 g/mol. The van der Waals surface area contributed by atoms with E-state index in [-0.39, 0.29) is 23.9 Å². The van der Waals surface area contributed by atoms with Crippen LogP contribution >= 0.6 is 0 Å². The minimum atomic E-state index is -0.577. The fraction of sp³-hybridized carbons (Fsp3) is 0.462. The highest BCUT2D eigenvalue weighted by Crippen LogP contribution is 2.14. The first kappa shape index (κ1) is 14.6. The number of hydrogen-bond donors (Lipinski definition) is 2. The predicted octanol–water partition coefficient (Wildman–Crippen LogP) is 1.62. The molecule has 0 saturated carbocycles. The fourth-order valence-corrected chi connectivity index (χ4v) is 1.67. The maximum atomic E-state index is 13.4. The zero-order valence-electron chi connectivity index (χ0n) is 10.6. The van der Waals surface area contributed by atoms with E-state index in [9.17, 15) is 13.6 Å². The Bertz CT molecular complexity index is 390. The number of hydrogen-bond acceptors (Lipinski definition) is 2. The van der Waals surface area contributed by atoms with Gasteiger partial charge in [-0.05, 0) is 32.5 Å². The monoisotopic (exact) mass is 256 g/mol. The fourth-order valence-electron chi connectivity index (χ4n) is 1.67. The Labute approximate surface area is 106 Å². The predicted molar refractivity (Wildman–Crippen MR) is 66.2 cm³/mol. The van der Waals surface area contributed by atoms with Crippen LogP contribution in [-0.4, -0.2) is 25.5 Å². The molecule has 1 amide bonds. The summed E-state index contributed by atoms with van der Waals surface area (Å²) >= 11 is 0. The van der Waals surface area contributed by atoms with Crippen LogP contribution in [-0.2, 0) is 11.2 Å². The highest BCUT2D eigenvalue weighted by Gasteiger charge is 2.13. The lowest BCUT2D eigenvalue weighted by molar-refractivity contribution is -0.121. The van der Waals surface area contributed by atoms with Crippen LogP contribution in [0.4, 0.5) is 8.78 Å². The van der Waals surface area contributed by atoms with Gasteiger partial charge in [-0.2, -0.15) is 0 Å². The first-order chi connectivity index (χ1) is 8.54. The van der Waals surface area contributed by atoms with Crippen LogP contribution < -0.4 is 10.6 Å². The minimum Gasteiger partial charge on any atom is -0.353 e. The summed E-state index contributed by atoms with van der Waals surface area (Å²) in [5.74, 6) is -1.29. The number of carbonyl (C=O) groups is 1. The lowest BCUT2D eigenvalue weighted by Gasteiger charge is -2.14. The Morgan fingerprint density at radius 2 is 1.94 bits per heavy atom. The van der Waals surface area contributed by atoms with Gasteiger partial charge in [-0.15, -0.1) is 0 Å². The maximum Gasteiger partial charge on any atom is 0.221 e. The van der Waals surface area contributed by atoms with E-state index in [1.165, 1.54) is 18.2 Å². The number of amides is 1. The number of benzene rings is 1. The molecule has 0 aromatic heterocycles. The van der Waals surface area contributed by atoms with Crippen molar-refractivity contribution in [1.82, 2.24) is 10.6 Å². The zero-order valence-corrected chi connectivity index (χ0v) is 10.6. The molecule has 1 rings (SSSR count). The van der Waals surface area contributed by atoms with Crippen molar-refractivity contribution >= 4 is 5.91 Å². The summed E-state index contributed by atoms with van der Waals surface area (Å²) in [6.45, 7) is 2.30. The van der Waals surface area contributed by atoms with Crippen LogP contribution in [0.5, 0.6) is 0 Å². The molecular formula is C13H18F2N2O. The Morgan fingerprint density at radius 1 is 1.33 bits per heavy atom. The van der Waals surface area contributed by atoms with E-state index in [1.807, 2.05) is 0 Å². The molecule has 0 saturated heterocycles. The van der Waals surface area contributed by atoms with Crippen LogP contribution in [0.2, 0.25) is 0 Å². The summed E-state index contributed by atoms with van der Waals surface area (Å²) in [7, 11) is 1.76. The second kappa shape index (κ2) is 7.06. The molecule has 1 aromatic rings. The Kier molecular flexibility index (Phi) is 5.71. The Morgan fingerprint density at radius 3 is 2.50 bits per heavy atom. The van der Waals surface area contributed by atoms with Crippen LogP contribution in [0.3, 0.4) is 0 Å². The molecule has 0 aliphatic carbocycles. The smallest absolute Gasteiger partial charge is 0.221 e. The van der Waals surface area contributed by atoms with Gasteiger partial charge in [0.2, 0.25) is 5.91 Å². The van der Waals surface area contributed by atoms with E-state index in [4.69, 9.17) is 0 Å². The molecule has 0 heterocycles. The average Bonchev–Trinajstić information content (AvgIpc) is 2.31. The van der Waals surface area contributed by atoms with E-state index < -0.39 is 11.6 Å². The van der Waals surface area contributed by atoms with Crippen molar-refractivity contribution in [3.05, 3.63) is 35.4 Å². The third-order valence-electron chi connectivity index (χ3n) is 2.58. The molecule has 18 heavy (non-hydrogen) atoms. The molecule has 0 fully saturated rings. The molecule has 1 unspecified atom stereocenters. The molecule has 0 radical (unpaired) electrons. The normalized spacial score (nSPS) is 12.2. The number of halogens is 2. The largest absolute Gasteiger partial charge is 0.353 e. The van der Waals surface area contributed by atoms with Crippen molar-refractivity contribution in [3.8, 4) is 0 Å². The molecule has 1 atom stereocenters. The van der Waals surface area contributed by atoms with Crippen molar-refractivity contribution < 1.29 is 13.6 Å². The van der Waals surface area contributed by atoms with Gasteiger partial charge in [0.1, 0.15) is 11.6 Å². The number of rotatable bonds is 6. The summed E-state index contributed by atoms with van der Waals surface area (Å²) < 4.78 is 26.8. The number of carbonyl (C=O) groups excluding carboxylic acids is 1. The Hall–Kier alpha value is -1.49. The third kappa shape index (κ3) is 4.41. The van der Waals surface area contributed by atoms with E-state index in [0.717, 1.165) is 0 Å². The van der Waals surface area contributed by atoms with Crippen LogP contribution in [0, 0.1) is 11.6 Å². The lowest BCUT2D eigenvalue weighted by atomic mass is 10.1. The third-order valence-corrected chi connectivity index (χ3v) is 2.58. The summed E-state index contributed by atoms with van der Waals surface area (Å²) in [6, 6.07) is 3.45. The minimum absolute atomic E-state index is 0.0129. The van der Waals surface area contributed by atoms with Gasteiger partial charge in [0.05, 0.1) is 0 Å². The zero-order chi connectivity index (χ0) is 13.5. The quantitative estimate of drug-likeness (QED) is 0.812. The molecule has 1 aromatic carbocycles. The maximum absolute atomic E-state index is 13.4. The second-order valence-corrected chi connectivity index (χ2v) is 4.23. The van der Waals surface area contributed by atoms with Crippen LogP contribution in [0.25, 0.3) is 0 Å². The van der Waals surface area contributed by atoms with E-state index in [0.29, 0.717) is 13.0 Å². The molecule has 5 heteroatoms. The lowest BCUT2D eigenvalue weighted by Crippen LogP contribution is -2.35. The van der Waals surface area contributed by atoms with Crippen molar-refractivity contribution in [2.45, 2.75) is 25.8 Å². The SMILES string of the molecule is CNCCC(=O)NC(C)Cc1c(F)cccc1F. The molecule has 0 spiro atoms. The molecule has 0 aliphatic rings. The van der Waals surface area contributed by atoms with Crippen LogP contribution in [0.15, 0.2) is 18.2 Å². The first-order valence-electron chi connectivity index (χ1n) is 5.91. The van der Waals surface area contributed by atoms with Crippen molar-refractivity contribution in [3.63, 3.8) is 0 Å². The van der Waals surface area contributed by atoms with Gasteiger partial charge >= 0.3 is 0 Å². The van der Waals surface area contributed by atoms with Crippen LogP contribution in [0.1, 0.15) is 18.9 Å². The van der Waals surface area contributed by atoms with Gasteiger partial charge in [0.25, 0.3) is 0 Å². The van der Waals surface area contributed by atoms with Gasteiger partial charge in [0, 0.05) is 24.6 Å². The highest BCUT2D eigenvalue weighted by molar-refractivity contribution is 5.76. The van der Waals surface area contributed by atoms with Gasteiger partial charge in [-0.25, -0.2) is 8.78 Å². The molecular weight excluding hydrogens is 238 g/mol. The standard InChI is InChI=1S/C13H18F2N2O/c1-9(17-13(18)6-7-16-2)8-10-11(14)4-3-5-12(10)15/h3-5,9,16H,6-8H2,1-2H3,(H,17,18). The van der Waals surface area contributed by atoms with Gasteiger partial charge < -0.3 is 10.6 Å². The van der Waals surface area contributed by atoms with E-state index in [1.54, 1.807) is 14.0 Å². The topological polar surface area (TPSA) is 41.1 Å². The summed E-state index contributed by atoms with van der Waals surface area (Å²) in [5, 5.41) is 5.56. The molecule has 0 bridgehead atoms. The van der Waals surface area contributed by atoms with Crippen molar-refractivity contribution in [2.75, 3.05) is 13.6 Å².